The Kier molecular flexibility index (Phi) is 3.70. The predicted octanol–water partition coefficient (Wildman–Crippen LogP) is 3.94. The molecule has 1 N–H and O–H groups in total. The molecule has 1 aliphatic heterocycles. The van der Waals surface area contributed by atoms with Crippen LogP contribution >= 0.6 is 15.9 Å². The second kappa shape index (κ2) is 4.89. The van der Waals surface area contributed by atoms with Crippen LogP contribution in [-0.4, -0.2) is 13.1 Å². The van der Waals surface area contributed by atoms with Gasteiger partial charge in [0.05, 0.1) is 0 Å². The van der Waals surface area contributed by atoms with E-state index < -0.39 is 0 Å². The highest BCUT2D eigenvalue weighted by Gasteiger charge is 2.40. The standard InChI is InChI=1S/C14H20BrN/c1-3-14(4-2)10-16-9-13(14)11-5-7-12(15)8-6-11/h5-8,13,16H,3-4,9-10H2,1-2H3. The summed E-state index contributed by atoms with van der Waals surface area (Å²) in [5, 5.41) is 3.57. The maximum absolute atomic E-state index is 3.57. The average Bonchev–Trinajstić information content (AvgIpc) is 2.74. The molecule has 1 aromatic carbocycles. The second-order valence-corrected chi connectivity index (χ2v) is 5.72. The van der Waals surface area contributed by atoms with Crippen molar-refractivity contribution in [1.82, 2.24) is 5.32 Å². The van der Waals surface area contributed by atoms with E-state index in [1.165, 1.54) is 29.4 Å². The first-order chi connectivity index (χ1) is 7.72. The van der Waals surface area contributed by atoms with Gasteiger partial charge in [-0.2, -0.15) is 0 Å². The smallest absolute Gasteiger partial charge is 0.0175 e. The topological polar surface area (TPSA) is 12.0 Å². The molecule has 0 aromatic heterocycles. The fourth-order valence-corrected chi connectivity index (χ4v) is 3.23. The molecule has 1 unspecified atom stereocenters. The Balaban J connectivity index is 2.29. The quantitative estimate of drug-likeness (QED) is 0.885. The first-order valence-electron chi connectivity index (χ1n) is 6.18. The molecule has 88 valence electrons. The van der Waals surface area contributed by atoms with E-state index in [-0.39, 0.29) is 0 Å². The molecule has 0 radical (unpaired) electrons. The van der Waals surface area contributed by atoms with Crippen LogP contribution in [0.3, 0.4) is 0 Å². The van der Waals surface area contributed by atoms with Crippen LogP contribution in [0.1, 0.15) is 38.2 Å². The molecule has 16 heavy (non-hydrogen) atoms. The van der Waals surface area contributed by atoms with Gasteiger partial charge in [-0.05, 0) is 36.0 Å². The molecule has 1 aromatic rings. The molecule has 1 atom stereocenters. The summed E-state index contributed by atoms with van der Waals surface area (Å²) in [7, 11) is 0. The van der Waals surface area contributed by atoms with Crippen LogP contribution in [0.4, 0.5) is 0 Å². The van der Waals surface area contributed by atoms with E-state index in [4.69, 9.17) is 0 Å². The van der Waals surface area contributed by atoms with Crippen molar-refractivity contribution in [2.24, 2.45) is 5.41 Å². The van der Waals surface area contributed by atoms with E-state index in [2.05, 4.69) is 59.4 Å². The third-order valence-corrected chi connectivity index (χ3v) is 4.77. The van der Waals surface area contributed by atoms with E-state index in [1.807, 2.05) is 0 Å². The summed E-state index contributed by atoms with van der Waals surface area (Å²) < 4.78 is 1.17. The largest absolute Gasteiger partial charge is 0.316 e. The summed E-state index contributed by atoms with van der Waals surface area (Å²) in [5.41, 5.74) is 1.95. The number of rotatable bonds is 3. The van der Waals surface area contributed by atoms with Gasteiger partial charge in [0.1, 0.15) is 0 Å². The molecule has 0 aliphatic carbocycles. The lowest BCUT2D eigenvalue weighted by Gasteiger charge is -2.33. The maximum Gasteiger partial charge on any atom is 0.0175 e. The molecule has 1 saturated heterocycles. The lowest BCUT2D eigenvalue weighted by Crippen LogP contribution is -2.27. The van der Waals surface area contributed by atoms with Crippen LogP contribution in [-0.2, 0) is 0 Å². The van der Waals surface area contributed by atoms with E-state index >= 15 is 0 Å². The highest BCUT2D eigenvalue weighted by Crippen LogP contribution is 2.44. The van der Waals surface area contributed by atoms with Crippen LogP contribution in [0, 0.1) is 5.41 Å². The SMILES string of the molecule is CCC1(CC)CNCC1c1ccc(Br)cc1. The third-order valence-electron chi connectivity index (χ3n) is 4.25. The second-order valence-electron chi connectivity index (χ2n) is 4.80. The molecule has 0 spiro atoms. The zero-order valence-electron chi connectivity index (χ0n) is 10.1. The molecule has 0 bridgehead atoms. The number of hydrogen-bond acceptors (Lipinski definition) is 1. The number of halogens is 1. The van der Waals surface area contributed by atoms with Crippen molar-refractivity contribution in [3.05, 3.63) is 34.3 Å². The Bertz CT molecular complexity index is 340. The first kappa shape index (κ1) is 12.1. The Morgan fingerprint density at radius 2 is 1.88 bits per heavy atom. The van der Waals surface area contributed by atoms with E-state index in [0.717, 1.165) is 6.54 Å². The highest BCUT2D eigenvalue weighted by molar-refractivity contribution is 9.10. The van der Waals surface area contributed by atoms with Crippen molar-refractivity contribution in [3.63, 3.8) is 0 Å². The Labute approximate surface area is 107 Å². The lowest BCUT2D eigenvalue weighted by atomic mass is 9.71. The van der Waals surface area contributed by atoms with Crippen molar-refractivity contribution in [3.8, 4) is 0 Å². The lowest BCUT2D eigenvalue weighted by molar-refractivity contribution is 0.260. The summed E-state index contributed by atoms with van der Waals surface area (Å²) in [6, 6.07) is 8.84. The average molecular weight is 282 g/mol. The van der Waals surface area contributed by atoms with Crippen LogP contribution in [0.25, 0.3) is 0 Å². The summed E-state index contributed by atoms with van der Waals surface area (Å²) >= 11 is 3.50. The number of nitrogens with one attached hydrogen (secondary N) is 1. The van der Waals surface area contributed by atoms with Gasteiger partial charge in [-0.1, -0.05) is 41.9 Å². The van der Waals surface area contributed by atoms with Crippen LogP contribution in [0.2, 0.25) is 0 Å². The zero-order chi connectivity index (χ0) is 11.6. The van der Waals surface area contributed by atoms with Gasteiger partial charge in [-0.15, -0.1) is 0 Å². The number of hydrogen-bond donors (Lipinski definition) is 1. The molecule has 0 saturated carbocycles. The van der Waals surface area contributed by atoms with Gasteiger partial charge in [-0.3, -0.25) is 0 Å². The fraction of sp³-hybridized carbons (Fsp3) is 0.571. The van der Waals surface area contributed by atoms with Gasteiger partial charge in [0, 0.05) is 23.5 Å². The van der Waals surface area contributed by atoms with Crippen LogP contribution < -0.4 is 5.32 Å². The van der Waals surface area contributed by atoms with Crippen molar-refractivity contribution in [1.29, 1.82) is 0 Å². The van der Waals surface area contributed by atoms with Gasteiger partial charge in [0.15, 0.2) is 0 Å². The van der Waals surface area contributed by atoms with Gasteiger partial charge >= 0.3 is 0 Å². The summed E-state index contributed by atoms with van der Waals surface area (Å²) in [6.45, 7) is 6.94. The fourth-order valence-electron chi connectivity index (χ4n) is 2.96. The van der Waals surface area contributed by atoms with Crippen LogP contribution in [0.15, 0.2) is 28.7 Å². The minimum Gasteiger partial charge on any atom is -0.316 e. The molecular weight excluding hydrogens is 262 g/mol. The van der Waals surface area contributed by atoms with Gasteiger partial charge in [0.25, 0.3) is 0 Å². The number of benzene rings is 1. The summed E-state index contributed by atoms with van der Waals surface area (Å²) in [4.78, 5) is 0. The Morgan fingerprint density at radius 1 is 1.25 bits per heavy atom. The summed E-state index contributed by atoms with van der Waals surface area (Å²) in [6.07, 6.45) is 2.52. The summed E-state index contributed by atoms with van der Waals surface area (Å²) in [5.74, 6) is 0.676. The molecular formula is C14H20BrN. The molecule has 1 heterocycles. The molecule has 1 fully saturated rings. The van der Waals surface area contributed by atoms with E-state index in [1.54, 1.807) is 0 Å². The molecule has 2 heteroatoms. The Morgan fingerprint density at radius 3 is 2.44 bits per heavy atom. The van der Waals surface area contributed by atoms with Crippen molar-refractivity contribution in [2.75, 3.05) is 13.1 Å². The molecule has 2 rings (SSSR count). The monoisotopic (exact) mass is 281 g/mol. The zero-order valence-corrected chi connectivity index (χ0v) is 11.7. The van der Waals surface area contributed by atoms with Gasteiger partial charge in [0.2, 0.25) is 0 Å². The highest BCUT2D eigenvalue weighted by atomic mass is 79.9. The molecule has 1 nitrogen and oxygen atoms in total. The maximum atomic E-state index is 3.57. The first-order valence-corrected chi connectivity index (χ1v) is 6.97. The molecule has 1 aliphatic rings. The predicted molar refractivity (Wildman–Crippen MR) is 72.8 cm³/mol. The third kappa shape index (κ3) is 2.05. The molecule has 0 amide bonds. The van der Waals surface area contributed by atoms with Crippen molar-refractivity contribution in [2.45, 2.75) is 32.6 Å². The van der Waals surface area contributed by atoms with Crippen molar-refractivity contribution < 1.29 is 0 Å². The Hall–Kier alpha value is -0.340. The van der Waals surface area contributed by atoms with E-state index in [0.29, 0.717) is 11.3 Å². The van der Waals surface area contributed by atoms with Gasteiger partial charge < -0.3 is 5.32 Å². The van der Waals surface area contributed by atoms with Crippen LogP contribution in [0.5, 0.6) is 0 Å². The van der Waals surface area contributed by atoms with Gasteiger partial charge in [-0.25, -0.2) is 0 Å². The minimum absolute atomic E-state index is 0.466. The van der Waals surface area contributed by atoms with E-state index in [9.17, 15) is 0 Å². The minimum atomic E-state index is 0.466. The normalized spacial score (nSPS) is 23.6. The van der Waals surface area contributed by atoms with Crippen molar-refractivity contribution >= 4 is 15.9 Å².